The number of hydrogen-bond acceptors (Lipinski definition) is 3. The molecular weight excluding hydrogens is 238 g/mol. The molecule has 0 spiro atoms. The van der Waals surface area contributed by atoms with E-state index >= 15 is 0 Å². The average molecular weight is 263 g/mol. The fraction of sp³-hybridized carbons (Fsp3) is 0.500. The van der Waals surface area contributed by atoms with Crippen molar-refractivity contribution in [1.82, 2.24) is 5.32 Å². The van der Waals surface area contributed by atoms with E-state index in [1.54, 1.807) is 7.11 Å². The summed E-state index contributed by atoms with van der Waals surface area (Å²) >= 11 is 0. The topological polar surface area (TPSA) is 41.5 Å². The Morgan fingerprint density at radius 1 is 1.26 bits per heavy atom. The highest BCUT2D eigenvalue weighted by Crippen LogP contribution is 2.18. The van der Waals surface area contributed by atoms with Gasteiger partial charge >= 0.3 is 0 Å². The number of benzene rings is 1. The maximum Gasteiger partial charge on any atom is 0.126 e. The first-order valence-electron chi connectivity index (χ1n) is 6.88. The molecule has 0 radical (unpaired) electrons. The largest absolute Gasteiger partial charge is 0.496 e. The molecule has 3 nitrogen and oxygen atoms in total. The second kappa shape index (κ2) is 7.97. The minimum absolute atomic E-state index is 0.585. The predicted octanol–water partition coefficient (Wildman–Crippen LogP) is 2.85. The Hall–Kier alpha value is -1.32. The van der Waals surface area contributed by atoms with Gasteiger partial charge in [0.25, 0.3) is 0 Å². The van der Waals surface area contributed by atoms with E-state index < -0.39 is 5.60 Å². The third-order valence-electron chi connectivity index (χ3n) is 3.47. The van der Waals surface area contributed by atoms with Crippen molar-refractivity contribution in [1.29, 1.82) is 0 Å². The maximum absolute atomic E-state index is 10.1. The van der Waals surface area contributed by atoms with Crippen LogP contribution in [-0.2, 0) is 0 Å². The van der Waals surface area contributed by atoms with Crippen molar-refractivity contribution in [3.05, 3.63) is 35.9 Å². The number of nitrogens with one attached hydrogen (secondary N) is 1. The van der Waals surface area contributed by atoms with E-state index in [9.17, 15) is 5.11 Å². The molecule has 0 heterocycles. The quantitative estimate of drug-likeness (QED) is 0.709. The van der Waals surface area contributed by atoms with Crippen LogP contribution in [0.4, 0.5) is 0 Å². The molecule has 0 saturated carbocycles. The van der Waals surface area contributed by atoms with Gasteiger partial charge in [0.05, 0.1) is 12.7 Å². The van der Waals surface area contributed by atoms with Crippen LogP contribution in [0.5, 0.6) is 5.75 Å². The van der Waals surface area contributed by atoms with Crippen LogP contribution in [0.2, 0.25) is 0 Å². The zero-order valence-electron chi connectivity index (χ0n) is 12.1. The summed E-state index contributed by atoms with van der Waals surface area (Å²) in [5, 5.41) is 13.4. The number of para-hydroxylation sites is 1. The van der Waals surface area contributed by atoms with Crippen molar-refractivity contribution in [3.8, 4) is 5.75 Å². The molecule has 106 valence electrons. The molecule has 3 heteroatoms. The van der Waals surface area contributed by atoms with Crippen LogP contribution in [0, 0.1) is 0 Å². The van der Waals surface area contributed by atoms with E-state index in [-0.39, 0.29) is 0 Å². The molecule has 19 heavy (non-hydrogen) atoms. The van der Waals surface area contributed by atoms with Crippen LogP contribution in [-0.4, -0.2) is 30.9 Å². The Balaban J connectivity index is 2.42. The monoisotopic (exact) mass is 263 g/mol. The molecule has 0 aromatic heterocycles. The Kier molecular flexibility index (Phi) is 6.60. The first-order chi connectivity index (χ1) is 9.15. The lowest BCUT2D eigenvalue weighted by atomic mass is 9.98. The van der Waals surface area contributed by atoms with Crippen LogP contribution < -0.4 is 10.1 Å². The Bertz CT molecular complexity index is 397. The Morgan fingerprint density at radius 3 is 2.58 bits per heavy atom. The molecule has 1 rings (SSSR count). The lowest BCUT2D eigenvalue weighted by molar-refractivity contribution is 0.0335. The SMILES string of the molecule is CCC(O)(CC)CNC/C=C/c1ccccc1OC. The molecule has 0 aliphatic carbocycles. The Labute approximate surface area is 116 Å². The maximum atomic E-state index is 10.1. The molecule has 0 amide bonds. The van der Waals surface area contributed by atoms with Gasteiger partial charge in [0.2, 0.25) is 0 Å². The van der Waals surface area contributed by atoms with Gasteiger partial charge < -0.3 is 15.2 Å². The molecular formula is C16H25NO2. The summed E-state index contributed by atoms with van der Waals surface area (Å²) in [7, 11) is 1.67. The number of rotatable bonds is 8. The van der Waals surface area contributed by atoms with Crippen LogP contribution in [0.3, 0.4) is 0 Å². The zero-order valence-corrected chi connectivity index (χ0v) is 12.1. The highest BCUT2D eigenvalue weighted by Gasteiger charge is 2.20. The molecule has 0 unspecified atom stereocenters. The summed E-state index contributed by atoms with van der Waals surface area (Å²) in [5.74, 6) is 0.873. The summed E-state index contributed by atoms with van der Waals surface area (Å²) in [6.07, 6.45) is 5.62. The van der Waals surface area contributed by atoms with Crippen molar-refractivity contribution in [2.24, 2.45) is 0 Å². The van der Waals surface area contributed by atoms with E-state index in [1.165, 1.54) is 0 Å². The van der Waals surface area contributed by atoms with E-state index in [0.29, 0.717) is 6.54 Å². The first-order valence-corrected chi connectivity index (χ1v) is 6.88. The smallest absolute Gasteiger partial charge is 0.126 e. The second-order valence-corrected chi connectivity index (χ2v) is 4.71. The van der Waals surface area contributed by atoms with Crippen molar-refractivity contribution < 1.29 is 9.84 Å². The minimum Gasteiger partial charge on any atom is -0.496 e. The standard InChI is InChI=1S/C16H25NO2/c1-4-16(18,5-2)13-17-12-8-10-14-9-6-7-11-15(14)19-3/h6-11,17-18H,4-5,12-13H2,1-3H3/b10-8+. The van der Waals surface area contributed by atoms with Gasteiger partial charge in [-0.25, -0.2) is 0 Å². The van der Waals surface area contributed by atoms with Gasteiger partial charge in [0.1, 0.15) is 5.75 Å². The van der Waals surface area contributed by atoms with Gasteiger partial charge in [0, 0.05) is 18.7 Å². The average Bonchev–Trinajstić information content (AvgIpc) is 2.47. The summed E-state index contributed by atoms with van der Waals surface area (Å²) in [6.45, 7) is 5.38. The van der Waals surface area contributed by atoms with E-state index in [1.807, 2.05) is 50.3 Å². The number of ether oxygens (including phenoxy) is 1. The van der Waals surface area contributed by atoms with Crippen molar-refractivity contribution >= 4 is 6.08 Å². The molecule has 0 fully saturated rings. The number of aliphatic hydroxyl groups is 1. The predicted molar refractivity (Wildman–Crippen MR) is 80.4 cm³/mol. The highest BCUT2D eigenvalue weighted by molar-refractivity contribution is 5.57. The normalized spacial score (nSPS) is 12.0. The highest BCUT2D eigenvalue weighted by atomic mass is 16.5. The summed E-state index contributed by atoms with van der Waals surface area (Å²) in [5.41, 5.74) is 0.478. The van der Waals surface area contributed by atoms with Crippen LogP contribution >= 0.6 is 0 Å². The van der Waals surface area contributed by atoms with Crippen LogP contribution in [0.25, 0.3) is 6.08 Å². The third kappa shape index (κ3) is 5.05. The van der Waals surface area contributed by atoms with Gasteiger partial charge in [-0.3, -0.25) is 0 Å². The Morgan fingerprint density at radius 2 is 1.95 bits per heavy atom. The lowest BCUT2D eigenvalue weighted by Crippen LogP contribution is -2.39. The zero-order chi connectivity index (χ0) is 14.1. The third-order valence-corrected chi connectivity index (χ3v) is 3.47. The van der Waals surface area contributed by atoms with E-state index in [4.69, 9.17) is 4.74 Å². The number of methoxy groups -OCH3 is 1. The van der Waals surface area contributed by atoms with Crippen molar-refractivity contribution in [3.63, 3.8) is 0 Å². The fourth-order valence-electron chi connectivity index (χ4n) is 1.88. The molecule has 1 aromatic rings. The lowest BCUT2D eigenvalue weighted by Gasteiger charge is -2.25. The van der Waals surface area contributed by atoms with Crippen molar-refractivity contribution in [2.75, 3.05) is 20.2 Å². The molecule has 0 atom stereocenters. The molecule has 0 aliphatic rings. The van der Waals surface area contributed by atoms with Gasteiger partial charge in [0.15, 0.2) is 0 Å². The van der Waals surface area contributed by atoms with Crippen LogP contribution in [0.1, 0.15) is 32.3 Å². The number of hydrogen-bond donors (Lipinski definition) is 2. The van der Waals surface area contributed by atoms with E-state index in [2.05, 4.69) is 5.32 Å². The summed E-state index contributed by atoms with van der Waals surface area (Å²) in [4.78, 5) is 0. The van der Waals surface area contributed by atoms with Crippen molar-refractivity contribution in [2.45, 2.75) is 32.3 Å². The summed E-state index contributed by atoms with van der Waals surface area (Å²) in [6, 6.07) is 7.91. The molecule has 2 N–H and O–H groups in total. The molecule has 0 aliphatic heterocycles. The molecule has 0 saturated heterocycles. The summed E-state index contributed by atoms with van der Waals surface area (Å²) < 4.78 is 5.28. The molecule has 0 bridgehead atoms. The van der Waals surface area contributed by atoms with Gasteiger partial charge in [-0.15, -0.1) is 0 Å². The van der Waals surface area contributed by atoms with E-state index in [0.717, 1.165) is 30.7 Å². The van der Waals surface area contributed by atoms with Gasteiger partial charge in [-0.05, 0) is 18.9 Å². The first kappa shape index (κ1) is 15.7. The second-order valence-electron chi connectivity index (χ2n) is 4.71. The van der Waals surface area contributed by atoms with Gasteiger partial charge in [-0.2, -0.15) is 0 Å². The molecule has 1 aromatic carbocycles. The van der Waals surface area contributed by atoms with Gasteiger partial charge in [-0.1, -0.05) is 44.2 Å². The minimum atomic E-state index is -0.585. The fourth-order valence-corrected chi connectivity index (χ4v) is 1.88. The van der Waals surface area contributed by atoms with Crippen LogP contribution in [0.15, 0.2) is 30.3 Å².